The number of ether oxygens (including phenoxy) is 1. The number of aromatic nitrogens is 2. The van der Waals surface area contributed by atoms with Gasteiger partial charge in [-0.05, 0) is 43.4 Å². The molecular weight excluding hydrogens is 356 g/mol. The number of nitrogens with zero attached hydrogens (tertiary/aromatic N) is 3. The zero-order valence-corrected chi connectivity index (χ0v) is 16.4. The molecule has 2 aliphatic rings. The molecular formula is C21H26N4O3. The van der Waals surface area contributed by atoms with E-state index >= 15 is 0 Å². The predicted octanol–water partition coefficient (Wildman–Crippen LogP) is 1.98. The number of nitrogens with one attached hydrogen (secondary N) is 1. The normalized spacial score (nSPS) is 18.9. The van der Waals surface area contributed by atoms with Crippen molar-refractivity contribution in [2.45, 2.75) is 38.6 Å². The van der Waals surface area contributed by atoms with Crippen LogP contribution in [0, 0.1) is 5.92 Å². The van der Waals surface area contributed by atoms with E-state index in [1.807, 2.05) is 36.0 Å². The molecule has 4 rings (SSSR count). The molecule has 1 N–H and O–H groups in total. The number of hydrogen-bond acceptors (Lipinski definition) is 4. The third kappa shape index (κ3) is 3.48. The van der Waals surface area contributed by atoms with E-state index in [0.29, 0.717) is 18.8 Å². The highest BCUT2D eigenvalue weighted by Crippen LogP contribution is 2.28. The van der Waals surface area contributed by atoms with E-state index < -0.39 is 0 Å². The van der Waals surface area contributed by atoms with Gasteiger partial charge in [0, 0.05) is 37.5 Å². The zero-order valence-electron chi connectivity index (χ0n) is 16.4. The lowest BCUT2D eigenvalue weighted by molar-refractivity contribution is -0.126. The molecule has 0 radical (unpaired) electrons. The second-order valence-electron chi connectivity index (χ2n) is 7.53. The molecule has 1 aromatic heterocycles. The summed E-state index contributed by atoms with van der Waals surface area (Å²) >= 11 is 0. The van der Waals surface area contributed by atoms with Gasteiger partial charge in [-0.1, -0.05) is 6.07 Å². The first-order chi connectivity index (χ1) is 13.6. The number of benzene rings is 1. The van der Waals surface area contributed by atoms with Crippen molar-refractivity contribution in [3.8, 4) is 5.75 Å². The Morgan fingerprint density at radius 2 is 2.14 bits per heavy atom. The molecule has 1 aromatic carbocycles. The van der Waals surface area contributed by atoms with Crippen LogP contribution in [-0.4, -0.2) is 35.2 Å². The van der Waals surface area contributed by atoms with Crippen LogP contribution in [0.2, 0.25) is 0 Å². The number of fused-ring (bicyclic) bond motifs is 1. The molecule has 28 heavy (non-hydrogen) atoms. The molecule has 148 valence electrons. The summed E-state index contributed by atoms with van der Waals surface area (Å²) < 4.78 is 7.18. The number of carbonyl (C=O) groups is 2. The molecule has 2 heterocycles. The maximum atomic E-state index is 12.7. The van der Waals surface area contributed by atoms with Gasteiger partial charge in [0.25, 0.3) is 0 Å². The molecule has 1 aliphatic carbocycles. The van der Waals surface area contributed by atoms with Crippen LogP contribution in [0.25, 0.3) is 0 Å². The Morgan fingerprint density at radius 3 is 2.96 bits per heavy atom. The van der Waals surface area contributed by atoms with Crippen LogP contribution in [0.1, 0.15) is 36.2 Å². The van der Waals surface area contributed by atoms with Gasteiger partial charge in [0.2, 0.25) is 11.8 Å². The van der Waals surface area contributed by atoms with Crippen LogP contribution in [0.3, 0.4) is 0 Å². The third-order valence-corrected chi connectivity index (χ3v) is 5.74. The van der Waals surface area contributed by atoms with Gasteiger partial charge < -0.3 is 15.0 Å². The van der Waals surface area contributed by atoms with Gasteiger partial charge in [0.1, 0.15) is 5.75 Å². The van der Waals surface area contributed by atoms with Crippen molar-refractivity contribution in [3.05, 3.63) is 41.2 Å². The molecule has 0 saturated carbocycles. The molecule has 1 atom stereocenters. The van der Waals surface area contributed by atoms with Crippen molar-refractivity contribution in [3.63, 3.8) is 0 Å². The largest absolute Gasteiger partial charge is 0.497 e. The van der Waals surface area contributed by atoms with Crippen LogP contribution in [-0.2, 0) is 36.0 Å². The number of hydrogen-bond donors (Lipinski definition) is 1. The lowest BCUT2D eigenvalue weighted by Gasteiger charge is -2.17. The Labute approximate surface area is 164 Å². The molecule has 0 bridgehead atoms. The topological polar surface area (TPSA) is 76.5 Å². The lowest BCUT2D eigenvalue weighted by atomic mass is 9.95. The Kier molecular flexibility index (Phi) is 5.07. The summed E-state index contributed by atoms with van der Waals surface area (Å²) in [7, 11) is 3.56. The molecule has 1 aliphatic heterocycles. The Balaban J connectivity index is 1.40. The van der Waals surface area contributed by atoms with Crippen molar-refractivity contribution < 1.29 is 14.3 Å². The SMILES string of the molecule is COc1cccc(N2C[C@@H](C(=O)NCc3nn(C)c4c3CCCC4)CC2=O)c1. The highest BCUT2D eigenvalue weighted by molar-refractivity contribution is 6.00. The van der Waals surface area contributed by atoms with E-state index in [-0.39, 0.29) is 24.2 Å². The third-order valence-electron chi connectivity index (χ3n) is 5.74. The highest BCUT2D eigenvalue weighted by Gasteiger charge is 2.35. The van der Waals surface area contributed by atoms with E-state index in [4.69, 9.17) is 4.74 Å². The minimum atomic E-state index is -0.349. The smallest absolute Gasteiger partial charge is 0.227 e. The summed E-state index contributed by atoms with van der Waals surface area (Å²) in [5, 5.41) is 7.60. The summed E-state index contributed by atoms with van der Waals surface area (Å²) in [6.45, 7) is 0.810. The Bertz CT molecular complexity index is 905. The number of aryl methyl sites for hydroxylation is 1. The second kappa shape index (κ2) is 7.66. The standard InChI is InChI=1S/C21H26N4O3/c1-24-19-9-4-3-8-17(19)18(23-24)12-22-21(27)14-10-20(26)25(13-14)15-6-5-7-16(11-15)28-2/h5-7,11,14H,3-4,8-10,12-13H2,1-2H3,(H,22,27)/t14-/m0/s1. The first kappa shape index (κ1) is 18.5. The van der Waals surface area contributed by atoms with E-state index in [1.165, 1.54) is 24.1 Å². The molecule has 2 amide bonds. The maximum absolute atomic E-state index is 12.7. The van der Waals surface area contributed by atoms with Gasteiger partial charge in [0.15, 0.2) is 0 Å². The fourth-order valence-corrected chi connectivity index (χ4v) is 4.23. The Morgan fingerprint density at radius 1 is 1.32 bits per heavy atom. The zero-order chi connectivity index (χ0) is 19.7. The minimum absolute atomic E-state index is 0.0383. The summed E-state index contributed by atoms with van der Waals surface area (Å²) in [5.74, 6) is 0.217. The van der Waals surface area contributed by atoms with Crippen molar-refractivity contribution in [1.29, 1.82) is 0 Å². The van der Waals surface area contributed by atoms with E-state index in [0.717, 1.165) is 24.2 Å². The monoisotopic (exact) mass is 382 g/mol. The van der Waals surface area contributed by atoms with Gasteiger partial charge in [-0.15, -0.1) is 0 Å². The van der Waals surface area contributed by atoms with Crippen LogP contribution in [0.5, 0.6) is 5.75 Å². The predicted molar refractivity (Wildman–Crippen MR) is 105 cm³/mol. The number of carbonyl (C=O) groups excluding carboxylic acids is 2. The fraction of sp³-hybridized carbons (Fsp3) is 0.476. The van der Waals surface area contributed by atoms with E-state index in [1.54, 1.807) is 12.0 Å². The average molecular weight is 382 g/mol. The van der Waals surface area contributed by atoms with Crippen LogP contribution in [0.4, 0.5) is 5.69 Å². The van der Waals surface area contributed by atoms with E-state index in [9.17, 15) is 9.59 Å². The second-order valence-corrected chi connectivity index (χ2v) is 7.53. The number of amides is 2. The summed E-state index contributed by atoms with van der Waals surface area (Å²) in [5.41, 5.74) is 4.29. The molecule has 1 saturated heterocycles. The molecule has 1 fully saturated rings. The molecule has 2 aromatic rings. The highest BCUT2D eigenvalue weighted by atomic mass is 16.5. The maximum Gasteiger partial charge on any atom is 0.227 e. The van der Waals surface area contributed by atoms with Crippen LogP contribution < -0.4 is 15.0 Å². The first-order valence-electron chi connectivity index (χ1n) is 9.82. The van der Waals surface area contributed by atoms with Gasteiger partial charge in [-0.3, -0.25) is 14.3 Å². The van der Waals surface area contributed by atoms with Crippen LogP contribution in [0.15, 0.2) is 24.3 Å². The van der Waals surface area contributed by atoms with Gasteiger partial charge >= 0.3 is 0 Å². The number of rotatable bonds is 5. The van der Waals surface area contributed by atoms with Gasteiger partial charge in [-0.25, -0.2) is 0 Å². The molecule has 0 unspecified atom stereocenters. The van der Waals surface area contributed by atoms with Crippen molar-refractivity contribution in [1.82, 2.24) is 15.1 Å². The van der Waals surface area contributed by atoms with Crippen molar-refractivity contribution >= 4 is 17.5 Å². The minimum Gasteiger partial charge on any atom is -0.497 e. The van der Waals surface area contributed by atoms with Crippen molar-refractivity contribution in [2.75, 3.05) is 18.6 Å². The quantitative estimate of drug-likeness (QED) is 0.858. The number of anilines is 1. The molecule has 7 nitrogen and oxygen atoms in total. The number of methoxy groups -OCH3 is 1. The van der Waals surface area contributed by atoms with Gasteiger partial charge in [0.05, 0.1) is 25.3 Å². The van der Waals surface area contributed by atoms with Crippen LogP contribution >= 0.6 is 0 Å². The fourth-order valence-electron chi connectivity index (χ4n) is 4.23. The average Bonchev–Trinajstić information content (AvgIpc) is 3.27. The van der Waals surface area contributed by atoms with Crippen molar-refractivity contribution in [2.24, 2.45) is 13.0 Å². The Hall–Kier alpha value is -2.83. The van der Waals surface area contributed by atoms with E-state index in [2.05, 4.69) is 10.4 Å². The summed E-state index contributed by atoms with van der Waals surface area (Å²) in [6.07, 6.45) is 4.68. The van der Waals surface area contributed by atoms with Gasteiger partial charge in [-0.2, -0.15) is 5.10 Å². The summed E-state index contributed by atoms with van der Waals surface area (Å²) in [6, 6.07) is 7.36. The molecule has 0 spiro atoms. The molecule has 7 heteroatoms. The first-order valence-corrected chi connectivity index (χ1v) is 9.82. The summed E-state index contributed by atoms with van der Waals surface area (Å²) in [4.78, 5) is 26.8. The lowest BCUT2D eigenvalue weighted by Crippen LogP contribution is -2.33.